The highest BCUT2D eigenvalue weighted by atomic mass is 35.5. The van der Waals surface area contributed by atoms with E-state index in [4.69, 9.17) is 11.6 Å². The van der Waals surface area contributed by atoms with Crippen molar-refractivity contribution >= 4 is 23.2 Å². The first-order chi connectivity index (χ1) is 9.06. The van der Waals surface area contributed by atoms with Crippen molar-refractivity contribution in [3.63, 3.8) is 0 Å². The van der Waals surface area contributed by atoms with Crippen LogP contribution in [0.1, 0.15) is 35.8 Å². The van der Waals surface area contributed by atoms with Gasteiger partial charge >= 0.3 is 0 Å². The number of pyridine rings is 2. The SMILES string of the molecule is CC(C)c1cc(C(=O)Nc2ccncc2)cc(Cl)n1. The van der Waals surface area contributed by atoms with Crippen LogP contribution in [-0.4, -0.2) is 15.9 Å². The van der Waals surface area contributed by atoms with Crippen molar-refractivity contribution in [2.75, 3.05) is 5.32 Å². The number of aromatic nitrogens is 2. The van der Waals surface area contributed by atoms with E-state index in [9.17, 15) is 4.79 Å². The molecule has 0 radical (unpaired) electrons. The molecule has 2 aromatic heterocycles. The summed E-state index contributed by atoms with van der Waals surface area (Å²) in [6.45, 7) is 4.01. The molecule has 4 nitrogen and oxygen atoms in total. The number of amides is 1. The van der Waals surface area contributed by atoms with Crippen LogP contribution in [0, 0.1) is 0 Å². The molecular formula is C14H14ClN3O. The molecule has 0 fully saturated rings. The lowest BCUT2D eigenvalue weighted by atomic mass is 10.1. The largest absolute Gasteiger partial charge is 0.322 e. The Morgan fingerprint density at radius 2 is 1.95 bits per heavy atom. The average molecular weight is 276 g/mol. The summed E-state index contributed by atoms with van der Waals surface area (Å²) in [4.78, 5) is 20.2. The minimum absolute atomic E-state index is 0.211. The molecule has 2 aromatic rings. The van der Waals surface area contributed by atoms with Crippen LogP contribution in [-0.2, 0) is 0 Å². The lowest BCUT2D eigenvalue weighted by Gasteiger charge is -2.09. The highest BCUT2D eigenvalue weighted by Gasteiger charge is 2.11. The normalized spacial score (nSPS) is 10.5. The van der Waals surface area contributed by atoms with Crippen molar-refractivity contribution in [2.45, 2.75) is 19.8 Å². The third kappa shape index (κ3) is 3.51. The summed E-state index contributed by atoms with van der Waals surface area (Å²) in [6, 6.07) is 6.77. The van der Waals surface area contributed by atoms with Crippen LogP contribution in [0.4, 0.5) is 5.69 Å². The highest BCUT2D eigenvalue weighted by molar-refractivity contribution is 6.29. The van der Waals surface area contributed by atoms with E-state index in [1.807, 2.05) is 13.8 Å². The van der Waals surface area contributed by atoms with Gasteiger partial charge < -0.3 is 5.32 Å². The van der Waals surface area contributed by atoms with Gasteiger partial charge in [-0.25, -0.2) is 4.98 Å². The Kier molecular flexibility index (Phi) is 4.12. The Balaban J connectivity index is 2.24. The van der Waals surface area contributed by atoms with Gasteiger partial charge in [0.05, 0.1) is 0 Å². The lowest BCUT2D eigenvalue weighted by Crippen LogP contribution is -2.13. The maximum absolute atomic E-state index is 12.1. The summed E-state index contributed by atoms with van der Waals surface area (Å²) in [6.07, 6.45) is 3.24. The molecule has 0 unspecified atom stereocenters. The molecule has 2 rings (SSSR count). The van der Waals surface area contributed by atoms with Gasteiger partial charge in [0.15, 0.2) is 0 Å². The van der Waals surface area contributed by atoms with Crippen LogP contribution >= 0.6 is 11.6 Å². The number of nitrogens with zero attached hydrogens (tertiary/aromatic N) is 2. The molecule has 0 aliphatic rings. The monoisotopic (exact) mass is 275 g/mol. The zero-order valence-corrected chi connectivity index (χ0v) is 11.5. The molecule has 0 saturated carbocycles. The van der Waals surface area contributed by atoms with Crippen LogP contribution in [0.3, 0.4) is 0 Å². The highest BCUT2D eigenvalue weighted by Crippen LogP contribution is 2.18. The number of halogens is 1. The van der Waals surface area contributed by atoms with E-state index in [0.717, 1.165) is 5.69 Å². The van der Waals surface area contributed by atoms with Crippen LogP contribution in [0.2, 0.25) is 5.15 Å². The summed E-state index contributed by atoms with van der Waals surface area (Å²) >= 11 is 5.94. The van der Waals surface area contributed by atoms with Crippen molar-refractivity contribution in [2.24, 2.45) is 0 Å². The predicted octanol–water partition coefficient (Wildman–Crippen LogP) is 3.51. The average Bonchev–Trinajstić information content (AvgIpc) is 2.39. The smallest absolute Gasteiger partial charge is 0.255 e. The number of carbonyl (C=O) groups excluding carboxylic acids is 1. The Morgan fingerprint density at radius 1 is 1.26 bits per heavy atom. The standard InChI is InChI=1S/C14H14ClN3O/c1-9(2)12-7-10(8-13(15)18-12)14(19)17-11-3-5-16-6-4-11/h3-9H,1-2H3,(H,16,17,19). The number of hydrogen-bond donors (Lipinski definition) is 1. The number of nitrogens with one attached hydrogen (secondary N) is 1. The van der Waals surface area contributed by atoms with Crippen LogP contribution in [0.25, 0.3) is 0 Å². The first-order valence-corrected chi connectivity index (χ1v) is 6.33. The third-order valence-electron chi connectivity index (χ3n) is 2.61. The van der Waals surface area contributed by atoms with Gasteiger partial charge in [-0.2, -0.15) is 0 Å². The Morgan fingerprint density at radius 3 is 2.58 bits per heavy atom. The molecule has 0 atom stereocenters. The van der Waals surface area contributed by atoms with Crippen molar-refractivity contribution in [3.05, 3.63) is 53.1 Å². The van der Waals surface area contributed by atoms with Gasteiger partial charge in [-0.3, -0.25) is 9.78 Å². The Hall–Kier alpha value is -1.94. The molecule has 1 amide bonds. The van der Waals surface area contributed by atoms with E-state index < -0.39 is 0 Å². The van der Waals surface area contributed by atoms with Crippen LogP contribution in [0.5, 0.6) is 0 Å². The fraction of sp³-hybridized carbons (Fsp3) is 0.214. The summed E-state index contributed by atoms with van der Waals surface area (Å²) in [5.74, 6) is 0.00331. The predicted molar refractivity (Wildman–Crippen MR) is 75.5 cm³/mol. The van der Waals surface area contributed by atoms with E-state index in [1.54, 1.807) is 36.7 Å². The van der Waals surface area contributed by atoms with Crippen LogP contribution < -0.4 is 5.32 Å². The molecular weight excluding hydrogens is 262 g/mol. The Bertz CT molecular complexity index is 584. The van der Waals surface area contributed by atoms with Crippen molar-refractivity contribution < 1.29 is 4.79 Å². The minimum Gasteiger partial charge on any atom is -0.322 e. The van der Waals surface area contributed by atoms with Gasteiger partial charge in [-0.05, 0) is 30.2 Å². The van der Waals surface area contributed by atoms with Crippen molar-refractivity contribution in [3.8, 4) is 0 Å². The van der Waals surface area contributed by atoms with Gasteiger partial charge in [-0.1, -0.05) is 25.4 Å². The number of anilines is 1. The third-order valence-corrected chi connectivity index (χ3v) is 2.80. The maximum atomic E-state index is 12.1. The zero-order chi connectivity index (χ0) is 13.8. The van der Waals surface area contributed by atoms with E-state index >= 15 is 0 Å². The zero-order valence-electron chi connectivity index (χ0n) is 10.7. The summed E-state index contributed by atoms with van der Waals surface area (Å²) < 4.78 is 0. The van der Waals surface area contributed by atoms with E-state index in [2.05, 4.69) is 15.3 Å². The van der Waals surface area contributed by atoms with Gasteiger partial charge in [0.2, 0.25) is 0 Å². The van der Waals surface area contributed by atoms with Crippen molar-refractivity contribution in [1.82, 2.24) is 9.97 Å². The number of carbonyl (C=O) groups is 1. The Labute approximate surface area is 116 Å². The van der Waals surface area contributed by atoms with E-state index in [-0.39, 0.29) is 11.8 Å². The summed E-state index contributed by atoms with van der Waals surface area (Å²) in [7, 11) is 0. The lowest BCUT2D eigenvalue weighted by molar-refractivity contribution is 0.102. The first-order valence-electron chi connectivity index (χ1n) is 5.95. The minimum atomic E-state index is -0.211. The van der Waals surface area contributed by atoms with Gasteiger partial charge in [0, 0.05) is 29.3 Å². The number of rotatable bonds is 3. The van der Waals surface area contributed by atoms with Crippen LogP contribution in [0.15, 0.2) is 36.7 Å². The molecule has 0 aliphatic carbocycles. The van der Waals surface area contributed by atoms with Gasteiger partial charge in [-0.15, -0.1) is 0 Å². The van der Waals surface area contributed by atoms with Crippen molar-refractivity contribution in [1.29, 1.82) is 0 Å². The molecule has 2 heterocycles. The quantitative estimate of drug-likeness (QED) is 0.872. The molecule has 1 N–H and O–H groups in total. The fourth-order valence-corrected chi connectivity index (χ4v) is 1.80. The second-order valence-corrected chi connectivity index (χ2v) is 4.84. The molecule has 0 bridgehead atoms. The molecule has 0 aliphatic heterocycles. The maximum Gasteiger partial charge on any atom is 0.255 e. The van der Waals surface area contributed by atoms with E-state index in [1.165, 1.54) is 0 Å². The molecule has 5 heteroatoms. The first kappa shape index (κ1) is 13.5. The van der Waals surface area contributed by atoms with Gasteiger partial charge in [0.25, 0.3) is 5.91 Å². The second kappa shape index (κ2) is 5.80. The van der Waals surface area contributed by atoms with Gasteiger partial charge in [0.1, 0.15) is 5.15 Å². The fourth-order valence-electron chi connectivity index (χ4n) is 1.58. The molecule has 0 aromatic carbocycles. The molecule has 19 heavy (non-hydrogen) atoms. The summed E-state index contributed by atoms with van der Waals surface area (Å²) in [5, 5.41) is 3.11. The molecule has 0 saturated heterocycles. The van der Waals surface area contributed by atoms with E-state index in [0.29, 0.717) is 16.4 Å². The molecule has 0 spiro atoms. The topological polar surface area (TPSA) is 54.9 Å². The summed E-state index contributed by atoms with van der Waals surface area (Å²) in [5.41, 5.74) is 1.99. The second-order valence-electron chi connectivity index (χ2n) is 4.45. The molecule has 98 valence electrons. The number of hydrogen-bond acceptors (Lipinski definition) is 3.